The molecule has 0 aliphatic heterocycles. The quantitative estimate of drug-likeness (QED) is 0.221. The van der Waals surface area contributed by atoms with Crippen LogP contribution in [0.15, 0.2) is 137 Å². The Morgan fingerprint density at radius 3 is 1.65 bits per heavy atom. The van der Waals surface area contributed by atoms with E-state index in [4.69, 9.17) is 27.7 Å². The van der Waals surface area contributed by atoms with Gasteiger partial charge in [0.25, 0.3) is 0 Å². The highest BCUT2D eigenvalue weighted by Gasteiger charge is 2.20. The van der Waals surface area contributed by atoms with Gasteiger partial charge in [-0.25, -0.2) is 0 Å². The molecule has 0 atom stereocenters. The largest absolute Gasteiger partial charge is 0.455 e. The molecular weight excluding hydrogens is 448 g/mol. The second-order valence-electron chi connectivity index (χ2n) is 8.32. The van der Waals surface area contributed by atoms with Crippen LogP contribution in [0.4, 0.5) is 0 Å². The molecule has 8 rings (SSSR count). The third-order valence-corrected chi connectivity index (χ3v) is 6.44. The Bertz CT molecular complexity index is 3050. The summed E-state index contributed by atoms with van der Waals surface area (Å²) in [6, 6.07) is -5.29. The topological polar surface area (TPSA) is 13.1 Å². The molecule has 172 valence electrons. The molecule has 1 aromatic heterocycles. The zero-order chi connectivity index (χ0) is 40.0. The van der Waals surface area contributed by atoms with Gasteiger partial charge in [-0.15, -0.1) is 0 Å². The van der Waals surface area contributed by atoms with Crippen LogP contribution in [0.5, 0.6) is 0 Å². The summed E-state index contributed by atoms with van der Waals surface area (Å²) in [5.74, 6) is 0. The molecule has 0 aliphatic carbocycles. The average Bonchev–Trinajstić information content (AvgIpc) is 3.55. The van der Waals surface area contributed by atoms with E-state index in [1.807, 2.05) is 0 Å². The van der Waals surface area contributed by atoms with Crippen molar-refractivity contribution in [2.24, 2.45) is 0 Å². The standard InChI is InChI=1S/C36H22O/c1-2-13-24-23(11-1)12-9-19-26(24)34-27-15-3-5-17-29(27)35(30-18-6-4-16-28(30)34)32-21-10-20-31-25-14-7-8-22-33(25)37-36(31)32/h1-22H/i1D,2D,3D,4D,5D,6D,7D,8D,9D,10D,11D,12D,13D,14D,19D,20D,21D,22D. The molecule has 7 aromatic carbocycles. The highest BCUT2D eigenvalue weighted by molar-refractivity contribution is 6.25. The Hall–Kier alpha value is -4.88. The summed E-state index contributed by atoms with van der Waals surface area (Å²) in [6.45, 7) is 0. The summed E-state index contributed by atoms with van der Waals surface area (Å²) in [6.07, 6.45) is 0. The fourth-order valence-corrected chi connectivity index (χ4v) is 4.93. The van der Waals surface area contributed by atoms with Crippen molar-refractivity contribution in [2.75, 3.05) is 0 Å². The highest BCUT2D eigenvalue weighted by Crippen LogP contribution is 2.47. The van der Waals surface area contributed by atoms with E-state index in [-0.39, 0.29) is 101 Å². The molecule has 1 nitrogen and oxygen atoms in total. The van der Waals surface area contributed by atoms with E-state index in [0.717, 1.165) is 0 Å². The molecule has 0 aliphatic rings. The number of furan rings is 1. The van der Waals surface area contributed by atoms with E-state index in [1.165, 1.54) is 24.3 Å². The van der Waals surface area contributed by atoms with Crippen molar-refractivity contribution in [3.05, 3.63) is 133 Å². The Balaban J connectivity index is 1.72. The summed E-state index contributed by atoms with van der Waals surface area (Å²) in [7, 11) is 0. The molecule has 0 fully saturated rings. The van der Waals surface area contributed by atoms with E-state index in [2.05, 4.69) is 0 Å². The molecule has 1 heteroatoms. The van der Waals surface area contributed by atoms with E-state index < -0.39 is 84.6 Å². The minimum absolute atomic E-state index is 0.0190. The lowest BCUT2D eigenvalue weighted by atomic mass is 9.84. The fourth-order valence-electron chi connectivity index (χ4n) is 4.93. The van der Waals surface area contributed by atoms with Gasteiger partial charge in [0.2, 0.25) is 0 Å². The van der Waals surface area contributed by atoms with Crippen molar-refractivity contribution >= 4 is 54.3 Å². The lowest BCUT2D eigenvalue weighted by molar-refractivity contribution is 0.670. The Labute approximate surface area is 239 Å². The summed E-state index contributed by atoms with van der Waals surface area (Å²) >= 11 is 0. The van der Waals surface area contributed by atoms with Crippen molar-refractivity contribution in [1.82, 2.24) is 0 Å². The summed E-state index contributed by atoms with van der Waals surface area (Å²) in [5, 5.41) is -0.982. The van der Waals surface area contributed by atoms with Crippen LogP contribution in [0, 0.1) is 0 Å². The van der Waals surface area contributed by atoms with E-state index >= 15 is 0 Å². The molecule has 0 amide bonds. The van der Waals surface area contributed by atoms with Gasteiger partial charge in [-0.3, -0.25) is 0 Å². The average molecular weight is 489 g/mol. The number of hydrogen-bond acceptors (Lipinski definition) is 1. The fraction of sp³-hybridized carbons (Fsp3) is 0. The van der Waals surface area contributed by atoms with Crippen LogP contribution in [0.25, 0.3) is 76.5 Å². The Kier molecular flexibility index (Phi) is 2.01. The number of fused-ring (bicyclic) bond motifs is 6. The predicted octanol–water partition coefficient (Wildman–Crippen LogP) is 10.4. The molecule has 0 saturated heterocycles. The number of hydrogen-bond donors (Lipinski definition) is 0. The van der Waals surface area contributed by atoms with Crippen LogP contribution in [0.2, 0.25) is 0 Å². The third kappa shape index (κ3) is 2.92. The molecule has 0 N–H and O–H groups in total. The van der Waals surface area contributed by atoms with Gasteiger partial charge in [0.1, 0.15) is 11.2 Å². The van der Waals surface area contributed by atoms with Crippen LogP contribution in [0.3, 0.4) is 0 Å². The van der Waals surface area contributed by atoms with E-state index in [0.29, 0.717) is 0 Å². The molecule has 1 heterocycles. The minimum Gasteiger partial charge on any atom is -0.455 e. The molecule has 0 saturated carbocycles. The van der Waals surface area contributed by atoms with Gasteiger partial charge in [0, 0.05) is 21.9 Å². The van der Waals surface area contributed by atoms with Crippen LogP contribution < -0.4 is 0 Å². The maximum absolute atomic E-state index is 9.21. The molecular formula is C36H22O. The molecule has 0 spiro atoms. The SMILES string of the molecule is [2H]c1cc2c(-c3c([2H])c([2H])c([2H])c4c3oc3c([2H])c([2H])c([2H])c([2H])c34)c3cc([2H])c([2H])cc3c(-c3c([2H])c([2H])c([2H])c4c([2H])c([2H])c([2H])c([2H])c34)c2cc1[2H]. The van der Waals surface area contributed by atoms with Crippen molar-refractivity contribution in [2.45, 2.75) is 0 Å². The summed E-state index contributed by atoms with van der Waals surface area (Å²) in [5.41, 5.74) is -1.19. The smallest absolute Gasteiger partial charge is 0.143 e. The summed E-state index contributed by atoms with van der Waals surface area (Å²) < 4.78 is 162. The minimum atomic E-state index is -0.691. The molecule has 37 heavy (non-hydrogen) atoms. The van der Waals surface area contributed by atoms with Gasteiger partial charge >= 0.3 is 0 Å². The van der Waals surface area contributed by atoms with Gasteiger partial charge in [-0.1, -0.05) is 127 Å². The molecule has 0 unspecified atom stereocenters. The van der Waals surface area contributed by atoms with Crippen LogP contribution in [-0.4, -0.2) is 0 Å². The normalized spacial score (nSPS) is 18.6. The van der Waals surface area contributed by atoms with Crippen LogP contribution >= 0.6 is 0 Å². The molecule has 0 bridgehead atoms. The first-order valence-corrected chi connectivity index (χ1v) is 11.2. The van der Waals surface area contributed by atoms with Gasteiger partial charge in [0.05, 0.1) is 24.7 Å². The number of para-hydroxylation sites is 2. The zero-order valence-corrected chi connectivity index (χ0v) is 18.7. The van der Waals surface area contributed by atoms with E-state index in [1.54, 1.807) is 0 Å². The maximum Gasteiger partial charge on any atom is 0.143 e. The first-order valence-electron chi connectivity index (χ1n) is 20.2. The van der Waals surface area contributed by atoms with Crippen molar-refractivity contribution in [1.29, 1.82) is 0 Å². The van der Waals surface area contributed by atoms with Crippen LogP contribution in [-0.2, 0) is 0 Å². The van der Waals surface area contributed by atoms with Crippen molar-refractivity contribution < 1.29 is 29.1 Å². The summed E-state index contributed by atoms with van der Waals surface area (Å²) in [4.78, 5) is 0. The van der Waals surface area contributed by atoms with Gasteiger partial charge in [-0.05, 0) is 49.5 Å². The second-order valence-corrected chi connectivity index (χ2v) is 8.32. The van der Waals surface area contributed by atoms with Crippen molar-refractivity contribution in [3.8, 4) is 22.3 Å². The first-order chi connectivity index (χ1) is 25.8. The van der Waals surface area contributed by atoms with Gasteiger partial charge < -0.3 is 4.42 Å². The van der Waals surface area contributed by atoms with E-state index in [9.17, 15) is 1.37 Å². The Morgan fingerprint density at radius 1 is 0.405 bits per heavy atom. The highest BCUT2D eigenvalue weighted by atomic mass is 16.3. The maximum atomic E-state index is 9.21. The predicted molar refractivity (Wildman–Crippen MR) is 157 cm³/mol. The monoisotopic (exact) mass is 488 g/mol. The second kappa shape index (κ2) is 7.81. The first kappa shape index (κ1) is 9.53. The van der Waals surface area contributed by atoms with Crippen molar-refractivity contribution in [3.63, 3.8) is 0 Å². The van der Waals surface area contributed by atoms with Crippen LogP contribution in [0.1, 0.15) is 24.7 Å². The van der Waals surface area contributed by atoms with Gasteiger partial charge in [-0.2, -0.15) is 0 Å². The lowest BCUT2D eigenvalue weighted by Gasteiger charge is -2.18. The van der Waals surface area contributed by atoms with Gasteiger partial charge in [0.15, 0.2) is 0 Å². The zero-order valence-electron chi connectivity index (χ0n) is 36.7. The lowest BCUT2D eigenvalue weighted by Crippen LogP contribution is -1.91. The third-order valence-electron chi connectivity index (χ3n) is 6.44. The Morgan fingerprint density at radius 2 is 0.919 bits per heavy atom. The number of rotatable bonds is 2. The molecule has 8 aromatic rings. The molecule has 0 radical (unpaired) electrons. The number of benzene rings is 7.